The van der Waals surface area contributed by atoms with Crippen molar-refractivity contribution < 1.29 is 14.3 Å². The minimum atomic E-state index is -0.384. The van der Waals surface area contributed by atoms with Crippen molar-refractivity contribution in [1.82, 2.24) is 5.32 Å². The van der Waals surface area contributed by atoms with Crippen LogP contribution in [-0.4, -0.2) is 25.7 Å². The van der Waals surface area contributed by atoms with Crippen LogP contribution in [0.1, 0.15) is 22.8 Å². The Balaban J connectivity index is 2.98. The molecule has 2 N–H and O–H groups in total. The Kier molecular flexibility index (Phi) is 4.51. The highest BCUT2D eigenvalue weighted by Gasteiger charge is 2.13. The van der Waals surface area contributed by atoms with Crippen LogP contribution in [0.2, 0.25) is 0 Å². The number of urea groups is 1. The first-order valence-electron chi connectivity index (χ1n) is 5.35. The Morgan fingerprint density at radius 1 is 1.35 bits per heavy atom. The molecule has 17 heavy (non-hydrogen) atoms. The Hall–Kier alpha value is -2.04. The molecule has 5 heteroatoms. The van der Waals surface area contributed by atoms with E-state index in [1.165, 1.54) is 7.05 Å². The Bertz CT molecular complexity index is 430. The standard InChI is InChI=1S/C12H16N2O3/c1-4-17-11(15)9-6-5-7-10(8(9)2)14-12(16)13-3/h5-7H,4H2,1-3H3,(H2,13,14,16). The van der Waals surface area contributed by atoms with Crippen LogP contribution in [0.4, 0.5) is 10.5 Å². The molecule has 0 fully saturated rings. The van der Waals surface area contributed by atoms with Gasteiger partial charge in [-0.3, -0.25) is 0 Å². The largest absolute Gasteiger partial charge is 0.462 e. The molecule has 1 aromatic carbocycles. The lowest BCUT2D eigenvalue weighted by atomic mass is 10.1. The third kappa shape index (κ3) is 3.21. The average Bonchev–Trinajstić information content (AvgIpc) is 2.32. The van der Waals surface area contributed by atoms with E-state index in [9.17, 15) is 9.59 Å². The summed E-state index contributed by atoms with van der Waals surface area (Å²) in [6.07, 6.45) is 0. The highest BCUT2D eigenvalue weighted by Crippen LogP contribution is 2.19. The summed E-state index contributed by atoms with van der Waals surface area (Å²) in [5.74, 6) is -0.384. The first-order chi connectivity index (χ1) is 8.10. The molecule has 5 nitrogen and oxygen atoms in total. The van der Waals surface area contributed by atoms with Crippen molar-refractivity contribution in [2.75, 3.05) is 19.0 Å². The lowest BCUT2D eigenvalue weighted by molar-refractivity contribution is 0.0525. The van der Waals surface area contributed by atoms with Gasteiger partial charge in [-0.05, 0) is 31.5 Å². The fourth-order valence-corrected chi connectivity index (χ4v) is 1.39. The highest BCUT2D eigenvalue weighted by molar-refractivity contribution is 5.96. The van der Waals surface area contributed by atoms with Crippen molar-refractivity contribution in [2.24, 2.45) is 0 Å². The van der Waals surface area contributed by atoms with Crippen LogP contribution < -0.4 is 10.6 Å². The molecule has 0 saturated heterocycles. The van der Waals surface area contributed by atoms with Gasteiger partial charge in [0.1, 0.15) is 0 Å². The second-order valence-corrected chi connectivity index (χ2v) is 3.40. The number of esters is 1. The highest BCUT2D eigenvalue weighted by atomic mass is 16.5. The normalized spacial score (nSPS) is 9.59. The van der Waals surface area contributed by atoms with Crippen LogP contribution in [0.25, 0.3) is 0 Å². The molecule has 1 rings (SSSR count). The maximum absolute atomic E-state index is 11.6. The minimum Gasteiger partial charge on any atom is -0.462 e. The van der Waals surface area contributed by atoms with Gasteiger partial charge >= 0.3 is 12.0 Å². The van der Waals surface area contributed by atoms with Crippen molar-refractivity contribution in [2.45, 2.75) is 13.8 Å². The van der Waals surface area contributed by atoms with Crippen LogP contribution in [0.3, 0.4) is 0 Å². The zero-order valence-corrected chi connectivity index (χ0v) is 10.2. The van der Waals surface area contributed by atoms with Crippen LogP contribution >= 0.6 is 0 Å². The zero-order valence-electron chi connectivity index (χ0n) is 10.2. The molecule has 0 aromatic heterocycles. The molecule has 0 radical (unpaired) electrons. The first-order valence-corrected chi connectivity index (χ1v) is 5.35. The molecule has 92 valence electrons. The van der Waals surface area contributed by atoms with Crippen LogP contribution in [0.15, 0.2) is 18.2 Å². The molecule has 0 aliphatic carbocycles. The Morgan fingerprint density at radius 3 is 2.65 bits per heavy atom. The van der Waals surface area contributed by atoms with Gasteiger partial charge in [0.05, 0.1) is 12.2 Å². The number of carbonyl (C=O) groups excluding carboxylic acids is 2. The smallest absolute Gasteiger partial charge is 0.338 e. The number of nitrogens with one attached hydrogen (secondary N) is 2. The van der Waals surface area contributed by atoms with E-state index in [0.717, 1.165) is 0 Å². The number of ether oxygens (including phenoxy) is 1. The lowest BCUT2D eigenvalue weighted by Gasteiger charge is -2.11. The number of amides is 2. The molecule has 0 saturated carbocycles. The molecule has 0 spiro atoms. The molecule has 0 aliphatic rings. The van der Waals surface area contributed by atoms with E-state index in [0.29, 0.717) is 23.4 Å². The molecule has 0 aliphatic heterocycles. The van der Waals surface area contributed by atoms with Crippen molar-refractivity contribution in [1.29, 1.82) is 0 Å². The molecule has 0 bridgehead atoms. The van der Waals surface area contributed by atoms with E-state index >= 15 is 0 Å². The van der Waals surface area contributed by atoms with Gasteiger partial charge in [-0.25, -0.2) is 9.59 Å². The third-order valence-electron chi connectivity index (χ3n) is 2.30. The zero-order chi connectivity index (χ0) is 12.8. The van der Waals surface area contributed by atoms with Gasteiger partial charge in [0, 0.05) is 12.7 Å². The van der Waals surface area contributed by atoms with Gasteiger partial charge in [-0.15, -0.1) is 0 Å². The molecule has 0 atom stereocenters. The first kappa shape index (κ1) is 13.0. The molecule has 2 amide bonds. The molecule has 0 unspecified atom stereocenters. The maximum atomic E-state index is 11.6. The van der Waals surface area contributed by atoms with Gasteiger partial charge < -0.3 is 15.4 Å². The number of benzene rings is 1. The van der Waals surface area contributed by atoms with Gasteiger partial charge in [-0.1, -0.05) is 6.07 Å². The molecular weight excluding hydrogens is 220 g/mol. The van der Waals surface area contributed by atoms with E-state index in [1.807, 2.05) is 0 Å². The van der Waals surface area contributed by atoms with E-state index < -0.39 is 0 Å². The fraction of sp³-hybridized carbons (Fsp3) is 0.333. The summed E-state index contributed by atoms with van der Waals surface area (Å²) < 4.78 is 4.93. The summed E-state index contributed by atoms with van der Waals surface area (Å²) in [6.45, 7) is 3.84. The maximum Gasteiger partial charge on any atom is 0.338 e. The summed E-state index contributed by atoms with van der Waals surface area (Å²) in [7, 11) is 1.53. The minimum absolute atomic E-state index is 0.325. The van der Waals surface area contributed by atoms with E-state index in [-0.39, 0.29) is 12.0 Å². The van der Waals surface area contributed by atoms with Crippen molar-refractivity contribution in [3.05, 3.63) is 29.3 Å². The Labute approximate surface area is 100 Å². The summed E-state index contributed by atoms with van der Waals surface area (Å²) in [4.78, 5) is 22.8. The van der Waals surface area contributed by atoms with E-state index in [4.69, 9.17) is 4.74 Å². The predicted molar refractivity (Wildman–Crippen MR) is 65.2 cm³/mol. The number of carbonyl (C=O) groups is 2. The van der Waals surface area contributed by atoms with Crippen molar-refractivity contribution in [3.8, 4) is 0 Å². The topological polar surface area (TPSA) is 67.4 Å². The number of hydrogen-bond donors (Lipinski definition) is 2. The second-order valence-electron chi connectivity index (χ2n) is 3.40. The quantitative estimate of drug-likeness (QED) is 0.788. The van der Waals surface area contributed by atoms with Gasteiger partial charge in [0.25, 0.3) is 0 Å². The molecule has 1 aromatic rings. The molecule has 0 heterocycles. The van der Waals surface area contributed by atoms with Gasteiger partial charge in [-0.2, -0.15) is 0 Å². The number of rotatable bonds is 3. The van der Waals surface area contributed by atoms with Gasteiger partial charge in [0.2, 0.25) is 0 Å². The number of hydrogen-bond acceptors (Lipinski definition) is 3. The Morgan fingerprint density at radius 2 is 2.06 bits per heavy atom. The van der Waals surface area contributed by atoms with Crippen LogP contribution in [0.5, 0.6) is 0 Å². The van der Waals surface area contributed by atoms with Gasteiger partial charge in [0.15, 0.2) is 0 Å². The summed E-state index contributed by atoms with van der Waals surface area (Å²) in [5, 5.41) is 5.09. The number of anilines is 1. The SMILES string of the molecule is CCOC(=O)c1cccc(NC(=O)NC)c1C. The summed E-state index contributed by atoms with van der Waals surface area (Å²) in [6, 6.07) is 4.77. The monoisotopic (exact) mass is 236 g/mol. The van der Waals surface area contributed by atoms with Crippen molar-refractivity contribution in [3.63, 3.8) is 0 Å². The fourth-order valence-electron chi connectivity index (χ4n) is 1.39. The molecular formula is C12H16N2O3. The summed E-state index contributed by atoms with van der Waals surface area (Å²) >= 11 is 0. The van der Waals surface area contributed by atoms with E-state index in [2.05, 4.69) is 10.6 Å². The second kappa shape index (κ2) is 5.89. The van der Waals surface area contributed by atoms with E-state index in [1.54, 1.807) is 32.0 Å². The van der Waals surface area contributed by atoms with Crippen LogP contribution in [-0.2, 0) is 4.74 Å². The van der Waals surface area contributed by atoms with Crippen LogP contribution in [0, 0.1) is 6.92 Å². The van der Waals surface area contributed by atoms with Crippen molar-refractivity contribution >= 4 is 17.7 Å². The predicted octanol–water partition coefficient (Wildman–Crippen LogP) is 1.92. The third-order valence-corrected chi connectivity index (χ3v) is 2.30. The average molecular weight is 236 g/mol. The lowest BCUT2D eigenvalue weighted by Crippen LogP contribution is -2.25. The summed E-state index contributed by atoms with van der Waals surface area (Å²) in [5.41, 5.74) is 1.74.